The van der Waals surface area contributed by atoms with Crippen molar-refractivity contribution in [2.45, 2.75) is 20.3 Å². The topological polar surface area (TPSA) is 69.2 Å². The molecule has 1 aromatic carbocycles. The molecule has 0 aliphatic heterocycles. The van der Waals surface area contributed by atoms with Crippen molar-refractivity contribution in [3.8, 4) is 11.5 Å². The Morgan fingerprint density at radius 2 is 2.26 bits per heavy atom. The number of nitrogens with zero attached hydrogens (tertiary/aromatic N) is 2. The minimum Gasteiger partial charge on any atom is -0.436 e. The molecular formula is C14H14N2O3. The number of rotatable bonds is 4. The van der Waals surface area contributed by atoms with Crippen LogP contribution in [0.25, 0.3) is 17.5 Å². The lowest BCUT2D eigenvalue weighted by molar-refractivity contribution is -0.384. The number of nitro groups is 1. The fraction of sp³-hybridized carbons (Fsp3) is 0.214. The maximum absolute atomic E-state index is 10.8. The van der Waals surface area contributed by atoms with E-state index in [1.807, 2.05) is 26.0 Å². The van der Waals surface area contributed by atoms with Gasteiger partial charge in [0.25, 0.3) is 5.69 Å². The average Bonchev–Trinajstić information content (AvgIpc) is 2.82. The van der Waals surface area contributed by atoms with Gasteiger partial charge in [-0.3, -0.25) is 10.1 Å². The Labute approximate surface area is 110 Å². The molecule has 1 heterocycles. The van der Waals surface area contributed by atoms with Crippen LogP contribution in [0, 0.1) is 10.1 Å². The summed E-state index contributed by atoms with van der Waals surface area (Å²) >= 11 is 0. The first kappa shape index (κ1) is 13.0. The minimum absolute atomic E-state index is 0.0290. The van der Waals surface area contributed by atoms with E-state index in [0.717, 1.165) is 12.1 Å². The van der Waals surface area contributed by atoms with Crippen molar-refractivity contribution in [1.82, 2.24) is 4.98 Å². The van der Waals surface area contributed by atoms with Gasteiger partial charge in [0, 0.05) is 17.7 Å². The number of benzene rings is 1. The van der Waals surface area contributed by atoms with Crippen molar-refractivity contribution in [3.05, 3.63) is 51.9 Å². The van der Waals surface area contributed by atoms with E-state index in [2.05, 4.69) is 4.98 Å². The number of allylic oxidation sites excluding steroid dienone is 1. The normalized spacial score (nSPS) is 11.1. The van der Waals surface area contributed by atoms with Gasteiger partial charge < -0.3 is 4.42 Å². The highest BCUT2D eigenvalue weighted by Crippen LogP contribution is 2.26. The summed E-state index contributed by atoms with van der Waals surface area (Å²) in [6, 6.07) is 6.28. The van der Waals surface area contributed by atoms with E-state index in [0.29, 0.717) is 17.2 Å². The summed E-state index contributed by atoms with van der Waals surface area (Å²) in [5.74, 6) is 1.11. The molecule has 0 aliphatic carbocycles. The minimum atomic E-state index is -0.431. The Morgan fingerprint density at radius 1 is 1.47 bits per heavy atom. The van der Waals surface area contributed by atoms with Crippen molar-refractivity contribution >= 4 is 11.8 Å². The van der Waals surface area contributed by atoms with E-state index in [1.54, 1.807) is 12.1 Å². The number of non-ortho nitro benzene ring substituents is 1. The van der Waals surface area contributed by atoms with Crippen molar-refractivity contribution in [2.75, 3.05) is 0 Å². The molecule has 0 bridgehead atoms. The fourth-order valence-corrected chi connectivity index (χ4v) is 1.77. The molecule has 0 N–H and O–H groups in total. The zero-order valence-corrected chi connectivity index (χ0v) is 10.8. The monoisotopic (exact) mass is 258 g/mol. The van der Waals surface area contributed by atoms with Crippen LogP contribution >= 0.6 is 0 Å². The predicted molar refractivity (Wildman–Crippen MR) is 72.7 cm³/mol. The quantitative estimate of drug-likeness (QED) is 0.617. The Kier molecular flexibility index (Phi) is 3.75. The highest BCUT2D eigenvalue weighted by Gasteiger charge is 2.14. The third-order valence-corrected chi connectivity index (χ3v) is 2.68. The van der Waals surface area contributed by atoms with Gasteiger partial charge in [0.15, 0.2) is 5.76 Å². The SMILES string of the molecule is C/C=C\c1oc(-c2cccc([N+](=O)[O-])c2)nc1CC. The maximum Gasteiger partial charge on any atom is 0.270 e. The first-order valence-electron chi connectivity index (χ1n) is 6.03. The highest BCUT2D eigenvalue weighted by molar-refractivity contribution is 5.60. The summed E-state index contributed by atoms with van der Waals surface area (Å²) in [4.78, 5) is 14.7. The van der Waals surface area contributed by atoms with Gasteiger partial charge in [0.2, 0.25) is 5.89 Å². The first-order valence-corrected chi connectivity index (χ1v) is 6.03. The zero-order chi connectivity index (χ0) is 13.8. The number of aryl methyl sites for hydroxylation is 1. The van der Waals surface area contributed by atoms with E-state index >= 15 is 0 Å². The number of nitro benzene ring substituents is 1. The largest absolute Gasteiger partial charge is 0.436 e. The van der Waals surface area contributed by atoms with Crippen LogP contribution in [0.15, 0.2) is 34.8 Å². The lowest BCUT2D eigenvalue weighted by atomic mass is 10.2. The van der Waals surface area contributed by atoms with E-state index < -0.39 is 4.92 Å². The molecule has 0 atom stereocenters. The molecule has 0 radical (unpaired) electrons. The molecular weight excluding hydrogens is 244 g/mol. The summed E-state index contributed by atoms with van der Waals surface area (Å²) in [5, 5.41) is 10.8. The Morgan fingerprint density at radius 3 is 2.89 bits per heavy atom. The van der Waals surface area contributed by atoms with Crippen LogP contribution in [0.5, 0.6) is 0 Å². The molecule has 98 valence electrons. The van der Waals surface area contributed by atoms with Gasteiger partial charge in [-0.2, -0.15) is 0 Å². The number of oxazole rings is 1. The first-order chi connectivity index (χ1) is 9.15. The van der Waals surface area contributed by atoms with Crippen molar-refractivity contribution in [1.29, 1.82) is 0 Å². The molecule has 5 nitrogen and oxygen atoms in total. The molecule has 2 rings (SSSR count). The van der Waals surface area contributed by atoms with Crippen molar-refractivity contribution < 1.29 is 9.34 Å². The third-order valence-electron chi connectivity index (χ3n) is 2.68. The number of hydrogen-bond donors (Lipinski definition) is 0. The molecule has 19 heavy (non-hydrogen) atoms. The summed E-state index contributed by atoms with van der Waals surface area (Å²) < 4.78 is 5.65. The number of aromatic nitrogens is 1. The summed E-state index contributed by atoms with van der Waals surface area (Å²) in [5.41, 5.74) is 1.49. The predicted octanol–water partition coefficient (Wildman–Crippen LogP) is 3.85. The van der Waals surface area contributed by atoms with E-state index in [-0.39, 0.29) is 5.69 Å². The van der Waals surface area contributed by atoms with Crippen LogP contribution in [0.2, 0.25) is 0 Å². The molecule has 0 saturated carbocycles. The van der Waals surface area contributed by atoms with Gasteiger partial charge in [-0.15, -0.1) is 0 Å². The van der Waals surface area contributed by atoms with E-state index in [4.69, 9.17) is 4.42 Å². The van der Waals surface area contributed by atoms with Crippen molar-refractivity contribution in [2.24, 2.45) is 0 Å². The van der Waals surface area contributed by atoms with Crippen LogP contribution in [0.3, 0.4) is 0 Å². The third kappa shape index (κ3) is 2.70. The lowest BCUT2D eigenvalue weighted by Gasteiger charge is -1.95. The smallest absolute Gasteiger partial charge is 0.270 e. The Hall–Kier alpha value is -2.43. The van der Waals surface area contributed by atoms with Gasteiger partial charge >= 0.3 is 0 Å². The average molecular weight is 258 g/mol. The molecule has 0 fully saturated rings. The second-order valence-corrected chi connectivity index (χ2v) is 3.99. The van der Waals surface area contributed by atoms with Crippen molar-refractivity contribution in [3.63, 3.8) is 0 Å². The summed E-state index contributed by atoms with van der Waals surface area (Å²) in [6.45, 7) is 3.89. The second-order valence-electron chi connectivity index (χ2n) is 3.99. The molecule has 0 saturated heterocycles. The summed E-state index contributed by atoms with van der Waals surface area (Å²) in [6.07, 6.45) is 4.46. The zero-order valence-electron chi connectivity index (χ0n) is 10.8. The Bertz CT molecular complexity index is 629. The maximum atomic E-state index is 10.8. The van der Waals surface area contributed by atoms with Crippen LogP contribution in [-0.2, 0) is 6.42 Å². The van der Waals surface area contributed by atoms with Crippen LogP contribution < -0.4 is 0 Å². The molecule has 0 amide bonds. The van der Waals surface area contributed by atoms with Crippen LogP contribution in [0.4, 0.5) is 5.69 Å². The van der Waals surface area contributed by atoms with Gasteiger partial charge in [0.05, 0.1) is 10.6 Å². The molecule has 0 spiro atoms. The molecule has 2 aromatic rings. The van der Waals surface area contributed by atoms with Crippen LogP contribution in [-0.4, -0.2) is 9.91 Å². The van der Waals surface area contributed by atoms with Gasteiger partial charge in [-0.25, -0.2) is 4.98 Å². The van der Waals surface area contributed by atoms with Crippen LogP contribution in [0.1, 0.15) is 25.3 Å². The summed E-state index contributed by atoms with van der Waals surface area (Å²) in [7, 11) is 0. The second kappa shape index (κ2) is 5.48. The molecule has 1 aromatic heterocycles. The van der Waals surface area contributed by atoms with E-state index in [9.17, 15) is 10.1 Å². The fourth-order valence-electron chi connectivity index (χ4n) is 1.77. The van der Waals surface area contributed by atoms with Gasteiger partial charge in [0.1, 0.15) is 0 Å². The molecule has 5 heteroatoms. The highest BCUT2D eigenvalue weighted by atomic mass is 16.6. The lowest BCUT2D eigenvalue weighted by Crippen LogP contribution is -1.88. The van der Waals surface area contributed by atoms with Gasteiger partial charge in [-0.1, -0.05) is 19.1 Å². The molecule has 0 aliphatic rings. The number of hydrogen-bond acceptors (Lipinski definition) is 4. The van der Waals surface area contributed by atoms with Gasteiger partial charge in [-0.05, 0) is 25.5 Å². The molecule has 0 unspecified atom stereocenters. The Balaban J connectivity index is 2.47. The standard InChI is InChI=1S/C14H14N2O3/c1-3-6-13-12(4-2)15-14(19-13)10-7-5-8-11(9-10)16(17)18/h3,5-9H,4H2,1-2H3/b6-3-. The van der Waals surface area contributed by atoms with E-state index in [1.165, 1.54) is 12.1 Å².